The van der Waals surface area contributed by atoms with Crippen molar-refractivity contribution in [3.8, 4) is 5.75 Å². The predicted octanol–water partition coefficient (Wildman–Crippen LogP) is 3.90. The second kappa shape index (κ2) is 9.08. The summed E-state index contributed by atoms with van der Waals surface area (Å²) in [7, 11) is 0. The average Bonchev–Trinajstić information content (AvgIpc) is 2.60. The van der Waals surface area contributed by atoms with Gasteiger partial charge >= 0.3 is 0 Å². The highest BCUT2D eigenvalue weighted by atomic mass is 16.5. The summed E-state index contributed by atoms with van der Waals surface area (Å²) in [5.41, 5.74) is 3.08. The van der Waals surface area contributed by atoms with Gasteiger partial charge in [0, 0.05) is 18.3 Å². The molecule has 1 unspecified atom stereocenters. The minimum Gasteiger partial charge on any atom is -0.484 e. The summed E-state index contributed by atoms with van der Waals surface area (Å²) in [4.78, 5) is 12.0. The van der Waals surface area contributed by atoms with Gasteiger partial charge in [0.1, 0.15) is 5.75 Å². The van der Waals surface area contributed by atoms with Crippen LogP contribution < -0.4 is 15.4 Å². The summed E-state index contributed by atoms with van der Waals surface area (Å²) in [5.74, 6) is 0.541. The van der Waals surface area contributed by atoms with E-state index in [2.05, 4.69) is 30.5 Å². The fourth-order valence-electron chi connectivity index (χ4n) is 2.16. The van der Waals surface area contributed by atoms with Gasteiger partial charge < -0.3 is 15.4 Å². The van der Waals surface area contributed by atoms with Gasteiger partial charge in [0.05, 0.1) is 0 Å². The molecule has 0 fully saturated rings. The molecule has 0 aliphatic rings. The number of nitrogens with one attached hydrogen (secondary N) is 2. The van der Waals surface area contributed by atoms with E-state index < -0.39 is 0 Å². The van der Waals surface area contributed by atoms with Crippen LogP contribution in [0.1, 0.15) is 31.4 Å². The zero-order valence-electron chi connectivity index (χ0n) is 14.6. The topological polar surface area (TPSA) is 50.4 Å². The van der Waals surface area contributed by atoms with Crippen molar-refractivity contribution in [1.29, 1.82) is 0 Å². The maximum absolute atomic E-state index is 12.0. The molecule has 0 saturated carbocycles. The van der Waals surface area contributed by atoms with E-state index in [1.165, 1.54) is 0 Å². The number of benzene rings is 2. The number of amides is 1. The van der Waals surface area contributed by atoms with Crippen LogP contribution in [0.5, 0.6) is 5.75 Å². The lowest BCUT2D eigenvalue weighted by atomic mass is 10.2. The van der Waals surface area contributed by atoms with Crippen LogP contribution in [0.4, 0.5) is 5.69 Å². The van der Waals surface area contributed by atoms with E-state index >= 15 is 0 Å². The minimum atomic E-state index is -0.165. The maximum Gasteiger partial charge on any atom is 0.262 e. The molecule has 24 heavy (non-hydrogen) atoms. The van der Waals surface area contributed by atoms with Crippen LogP contribution >= 0.6 is 0 Å². The third-order valence-electron chi connectivity index (χ3n) is 3.87. The van der Waals surface area contributed by atoms with E-state index in [1.54, 1.807) is 0 Å². The molecular formula is C20H26N2O2. The highest BCUT2D eigenvalue weighted by Crippen LogP contribution is 2.14. The normalized spacial score (nSPS) is 11.8. The highest BCUT2D eigenvalue weighted by molar-refractivity contribution is 5.91. The van der Waals surface area contributed by atoms with Gasteiger partial charge in [-0.3, -0.25) is 4.79 Å². The SMILES string of the molecule is CCC(C)NCc1cccc(OCC(=O)Nc2ccc(C)cc2)c1. The van der Waals surface area contributed by atoms with Crippen molar-refractivity contribution in [2.75, 3.05) is 11.9 Å². The molecule has 2 N–H and O–H groups in total. The Morgan fingerprint density at radius 1 is 1.17 bits per heavy atom. The average molecular weight is 326 g/mol. The van der Waals surface area contributed by atoms with Crippen molar-refractivity contribution in [3.05, 3.63) is 59.7 Å². The fourth-order valence-corrected chi connectivity index (χ4v) is 2.16. The molecule has 0 radical (unpaired) electrons. The number of rotatable bonds is 8. The van der Waals surface area contributed by atoms with Crippen molar-refractivity contribution in [2.24, 2.45) is 0 Å². The Bertz CT molecular complexity index is 653. The van der Waals surface area contributed by atoms with E-state index in [-0.39, 0.29) is 12.5 Å². The summed E-state index contributed by atoms with van der Waals surface area (Å²) >= 11 is 0. The van der Waals surface area contributed by atoms with Gasteiger partial charge in [0.15, 0.2) is 6.61 Å². The van der Waals surface area contributed by atoms with Gasteiger partial charge in [0.2, 0.25) is 0 Å². The first-order chi connectivity index (χ1) is 11.6. The van der Waals surface area contributed by atoms with Gasteiger partial charge in [-0.15, -0.1) is 0 Å². The lowest BCUT2D eigenvalue weighted by Crippen LogP contribution is -2.24. The van der Waals surface area contributed by atoms with Crippen LogP contribution in [0.25, 0.3) is 0 Å². The van der Waals surface area contributed by atoms with Gasteiger partial charge in [-0.2, -0.15) is 0 Å². The van der Waals surface area contributed by atoms with Gasteiger partial charge in [-0.1, -0.05) is 36.8 Å². The molecule has 0 heterocycles. The first-order valence-corrected chi connectivity index (χ1v) is 8.38. The molecule has 2 aromatic carbocycles. The molecule has 4 heteroatoms. The number of anilines is 1. The summed E-state index contributed by atoms with van der Waals surface area (Å²) < 4.78 is 5.60. The Morgan fingerprint density at radius 3 is 2.62 bits per heavy atom. The number of aryl methyl sites for hydroxylation is 1. The fraction of sp³-hybridized carbons (Fsp3) is 0.350. The molecule has 128 valence electrons. The van der Waals surface area contributed by atoms with E-state index in [0.717, 1.165) is 29.8 Å². The highest BCUT2D eigenvalue weighted by Gasteiger charge is 2.05. The Balaban J connectivity index is 1.82. The Morgan fingerprint density at radius 2 is 1.92 bits per heavy atom. The van der Waals surface area contributed by atoms with Crippen LogP contribution in [0.2, 0.25) is 0 Å². The standard InChI is InChI=1S/C20H26N2O2/c1-4-16(3)21-13-17-6-5-7-19(12-17)24-14-20(23)22-18-10-8-15(2)9-11-18/h5-12,16,21H,4,13-14H2,1-3H3,(H,22,23). The van der Waals surface area contributed by atoms with E-state index in [0.29, 0.717) is 11.8 Å². The monoisotopic (exact) mass is 326 g/mol. The molecule has 0 bridgehead atoms. The third kappa shape index (κ3) is 6.05. The molecular weight excluding hydrogens is 300 g/mol. The van der Waals surface area contributed by atoms with E-state index in [1.807, 2.05) is 49.4 Å². The first kappa shape index (κ1) is 18.0. The molecule has 2 aromatic rings. The first-order valence-electron chi connectivity index (χ1n) is 8.38. The number of hydrogen-bond donors (Lipinski definition) is 2. The largest absolute Gasteiger partial charge is 0.484 e. The second-order valence-electron chi connectivity index (χ2n) is 6.04. The Hall–Kier alpha value is -2.33. The summed E-state index contributed by atoms with van der Waals surface area (Å²) in [6.07, 6.45) is 1.09. The Kier molecular flexibility index (Phi) is 6.82. The number of carbonyl (C=O) groups is 1. The van der Waals surface area contributed by atoms with Crippen LogP contribution in [0.15, 0.2) is 48.5 Å². The molecule has 0 saturated heterocycles. The molecule has 2 rings (SSSR count). The van der Waals surface area contributed by atoms with Gasteiger partial charge in [-0.05, 0) is 50.1 Å². The molecule has 0 aliphatic carbocycles. The van der Waals surface area contributed by atoms with Gasteiger partial charge in [-0.25, -0.2) is 0 Å². The molecule has 4 nitrogen and oxygen atoms in total. The lowest BCUT2D eigenvalue weighted by molar-refractivity contribution is -0.118. The molecule has 1 atom stereocenters. The van der Waals surface area contributed by atoms with Crippen molar-refractivity contribution in [2.45, 2.75) is 39.8 Å². The lowest BCUT2D eigenvalue weighted by Gasteiger charge is -2.12. The molecule has 1 amide bonds. The number of hydrogen-bond acceptors (Lipinski definition) is 3. The summed E-state index contributed by atoms with van der Waals surface area (Å²) in [5, 5.41) is 6.27. The Labute approximate surface area is 144 Å². The predicted molar refractivity (Wildman–Crippen MR) is 98.3 cm³/mol. The minimum absolute atomic E-state index is 0.00385. The third-order valence-corrected chi connectivity index (χ3v) is 3.87. The smallest absolute Gasteiger partial charge is 0.262 e. The van der Waals surface area contributed by atoms with E-state index in [4.69, 9.17) is 4.74 Å². The van der Waals surface area contributed by atoms with Crippen LogP contribution in [0.3, 0.4) is 0 Å². The molecule has 0 aromatic heterocycles. The van der Waals surface area contributed by atoms with Crippen LogP contribution in [-0.4, -0.2) is 18.6 Å². The second-order valence-corrected chi connectivity index (χ2v) is 6.04. The quantitative estimate of drug-likeness (QED) is 0.773. The van der Waals surface area contributed by atoms with Crippen molar-refractivity contribution >= 4 is 11.6 Å². The van der Waals surface area contributed by atoms with Crippen molar-refractivity contribution < 1.29 is 9.53 Å². The zero-order valence-corrected chi connectivity index (χ0v) is 14.6. The number of carbonyl (C=O) groups excluding carboxylic acids is 1. The maximum atomic E-state index is 12.0. The summed E-state index contributed by atoms with van der Waals surface area (Å²) in [6, 6.07) is 16.0. The van der Waals surface area contributed by atoms with Gasteiger partial charge in [0.25, 0.3) is 5.91 Å². The van der Waals surface area contributed by atoms with Crippen LogP contribution in [-0.2, 0) is 11.3 Å². The molecule has 0 spiro atoms. The van der Waals surface area contributed by atoms with Crippen LogP contribution in [0, 0.1) is 6.92 Å². The van der Waals surface area contributed by atoms with Crippen molar-refractivity contribution in [1.82, 2.24) is 5.32 Å². The molecule has 0 aliphatic heterocycles. The van der Waals surface area contributed by atoms with E-state index in [9.17, 15) is 4.79 Å². The van der Waals surface area contributed by atoms with Crippen molar-refractivity contribution in [3.63, 3.8) is 0 Å². The number of ether oxygens (including phenoxy) is 1. The summed E-state index contributed by atoms with van der Waals surface area (Å²) in [6.45, 7) is 7.12. The zero-order chi connectivity index (χ0) is 17.4.